The van der Waals surface area contributed by atoms with Gasteiger partial charge in [0.2, 0.25) is 5.91 Å². The predicted octanol–water partition coefficient (Wildman–Crippen LogP) is 1.60. The molecule has 1 atom stereocenters. The fourth-order valence-corrected chi connectivity index (χ4v) is 4.27. The lowest BCUT2D eigenvalue weighted by Gasteiger charge is -2.33. The van der Waals surface area contributed by atoms with Crippen LogP contribution in [0.5, 0.6) is 11.5 Å². The number of hydrogen-bond donors (Lipinski definition) is 1. The molecule has 3 aromatic rings. The number of nitrogens with zero attached hydrogens (tertiary/aromatic N) is 5. The van der Waals surface area contributed by atoms with Crippen LogP contribution in [0.4, 0.5) is 4.39 Å². The quantitative estimate of drug-likeness (QED) is 0.413. The van der Waals surface area contributed by atoms with Crippen LogP contribution in [0.2, 0.25) is 0 Å². The van der Waals surface area contributed by atoms with Gasteiger partial charge in [-0.2, -0.15) is 5.10 Å². The first-order valence-electron chi connectivity index (χ1n) is 12.1. The first-order chi connectivity index (χ1) is 17.9. The maximum atomic E-state index is 13.6. The first kappa shape index (κ1) is 26.5. The summed E-state index contributed by atoms with van der Waals surface area (Å²) in [5.74, 6) is 0.410. The molecule has 0 bridgehead atoms. The molecule has 198 valence electrons. The summed E-state index contributed by atoms with van der Waals surface area (Å²) in [6, 6.07) is 13.5. The largest absolute Gasteiger partial charge is 0.492 e. The number of carbonyl (C=O) groups is 1. The number of halogens is 1. The second-order valence-electron chi connectivity index (χ2n) is 9.08. The van der Waals surface area contributed by atoms with E-state index in [2.05, 4.69) is 15.0 Å². The summed E-state index contributed by atoms with van der Waals surface area (Å²) in [6.45, 7) is 2.71. The van der Waals surface area contributed by atoms with E-state index in [4.69, 9.17) is 14.2 Å². The molecule has 0 unspecified atom stereocenters. The minimum absolute atomic E-state index is 0.0746. The Morgan fingerprint density at radius 1 is 1.11 bits per heavy atom. The van der Waals surface area contributed by atoms with E-state index in [0.717, 1.165) is 11.3 Å². The number of β-amino-alcohol motifs (C(OH)–C–C–N with tert-alkyl or cyclic N) is 1. The van der Waals surface area contributed by atoms with Gasteiger partial charge in [0, 0.05) is 39.4 Å². The summed E-state index contributed by atoms with van der Waals surface area (Å²) >= 11 is 0. The van der Waals surface area contributed by atoms with E-state index in [1.54, 1.807) is 28.0 Å². The Bertz CT molecular complexity index is 1150. The van der Waals surface area contributed by atoms with Crippen LogP contribution >= 0.6 is 0 Å². The second kappa shape index (κ2) is 12.6. The molecule has 1 amide bonds. The third-order valence-corrected chi connectivity index (χ3v) is 5.97. The van der Waals surface area contributed by atoms with Gasteiger partial charge in [-0.1, -0.05) is 18.2 Å². The van der Waals surface area contributed by atoms with Gasteiger partial charge < -0.3 is 24.2 Å². The molecule has 0 radical (unpaired) electrons. The van der Waals surface area contributed by atoms with E-state index in [1.807, 2.05) is 24.3 Å². The summed E-state index contributed by atoms with van der Waals surface area (Å²) in [7, 11) is 1.46. The highest BCUT2D eigenvalue weighted by atomic mass is 19.1. The van der Waals surface area contributed by atoms with Gasteiger partial charge in [-0.05, 0) is 29.8 Å². The van der Waals surface area contributed by atoms with E-state index < -0.39 is 11.4 Å². The van der Waals surface area contributed by atoms with E-state index in [1.165, 1.54) is 25.6 Å². The van der Waals surface area contributed by atoms with Crippen molar-refractivity contribution in [1.82, 2.24) is 24.6 Å². The minimum atomic E-state index is -1.38. The van der Waals surface area contributed by atoms with Crippen LogP contribution in [-0.4, -0.2) is 94.3 Å². The van der Waals surface area contributed by atoms with Crippen molar-refractivity contribution in [2.45, 2.75) is 18.7 Å². The number of rotatable bonds is 11. The average Bonchev–Trinajstić information content (AvgIpc) is 3.33. The molecule has 37 heavy (non-hydrogen) atoms. The second-order valence-corrected chi connectivity index (χ2v) is 9.08. The normalized spacial score (nSPS) is 18.4. The Labute approximate surface area is 215 Å². The lowest BCUT2D eigenvalue weighted by molar-refractivity contribution is -0.138. The summed E-state index contributed by atoms with van der Waals surface area (Å²) < 4.78 is 31.9. The Morgan fingerprint density at radius 3 is 2.68 bits per heavy atom. The molecule has 1 N–H and O–H groups in total. The van der Waals surface area contributed by atoms with Crippen molar-refractivity contribution in [3.63, 3.8) is 0 Å². The zero-order chi connectivity index (χ0) is 26.1. The molecule has 10 nitrogen and oxygen atoms in total. The standard InChI is InChI=1S/C26H32FN5O5/c1-35-15-25(33)31-9-8-30(16-26(34,17-31)18-37-24-7-3-5-22(27)13-24)14-21-4-2-6-23(12-21)36-11-10-32-20-28-19-29-32/h2-7,12-13,19-20,34H,8-11,14-18H2,1H3/t26-/m1/s1. The number of benzene rings is 2. The van der Waals surface area contributed by atoms with Gasteiger partial charge >= 0.3 is 0 Å². The zero-order valence-corrected chi connectivity index (χ0v) is 20.8. The summed E-state index contributed by atoms with van der Waals surface area (Å²) in [5, 5.41) is 15.6. The molecule has 1 saturated heterocycles. The topological polar surface area (TPSA) is 102 Å². The number of hydrogen-bond acceptors (Lipinski definition) is 8. The van der Waals surface area contributed by atoms with Crippen LogP contribution in [0, 0.1) is 5.82 Å². The number of methoxy groups -OCH3 is 1. The monoisotopic (exact) mass is 513 g/mol. The molecule has 2 heterocycles. The van der Waals surface area contributed by atoms with Crippen LogP contribution in [0.15, 0.2) is 61.2 Å². The van der Waals surface area contributed by atoms with Crippen LogP contribution in [-0.2, 0) is 22.6 Å². The molecule has 1 aromatic heterocycles. The summed E-state index contributed by atoms with van der Waals surface area (Å²) in [4.78, 5) is 20.2. The van der Waals surface area contributed by atoms with Gasteiger partial charge in [-0.15, -0.1) is 0 Å². The smallest absolute Gasteiger partial charge is 0.248 e. The molecule has 1 aliphatic heterocycles. The predicted molar refractivity (Wildman–Crippen MR) is 133 cm³/mol. The van der Waals surface area contributed by atoms with Crippen molar-refractivity contribution in [2.24, 2.45) is 0 Å². The fourth-order valence-electron chi connectivity index (χ4n) is 4.27. The summed E-state index contributed by atoms with van der Waals surface area (Å²) in [5.41, 5.74) is -0.374. The maximum absolute atomic E-state index is 13.6. The molecular weight excluding hydrogens is 481 g/mol. The lowest BCUT2D eigenvalue weighted by atomic mass is 10.0. The van der Waals surface area contributed by atoms with Gasteiger partial charge in [-0.3, -0.25) is 9.69 Å². The molecule has 11 heteroatoms. The van der Waals surface area contributed by atoms with Crippen molar-refractivity contribution in [3.8, 4) is 11.5 Å². The molecule has 1 aliphatic rings. The average molecular weight is 514 g/mol. The highest BCUT2D eigenvalue weighted by molar-refractivity contribution is 5.77. The van der Waals surface area contributed by atoms with Crippen LogP contribution in [0.25, 0.3) is 0 Å². The van der Waals surface area contributed by atoms with Crippen molar-refractivity contribution in [3.05, 3.63) is 72.6 Å². The van der Waals surface area contributed by atoms with E-state index in [9.17, 15) is 14.3 Å². The number of amides is 1. The molecular formula is C26H32FN5O5. The Kier molecular flexibility index (Phi) is 9.04. The van der Waals surface area contributed by atoms with Gasteiger partial charge in [0.25, 0.3) is 0 Å². The summed E-state index contributed by atoms with van der Waals surface area (Å²) in [6.07, 6.45) is 3.12. The van der Waals surface area contributed by atoms with Crippen molar-refractivity contribution >= 4 is 5.91 Å². The van der Waals surface area contributed by atoms with Crippen LogP contribution in [0.3, 0.4) is 0 Å². The van der Waals surface area contributed by atoms with Gasteiger partial charge in [0.05, 0.1) is 13.1 Å². The van der Waals surface area contributed by atoms with Gasteiger partial charge in [0.1, 0.15) is 55.4 Å². The molecule has 0 saturated carbocycles. The number of aromatic nitrogens is 3. The van der Waals surface area contributed by atoms with Crippen molar-refractivity contribution in [1.29, 1.82) is 0 Å². The fraction of sp³-hybridized carbons (Fsp3) is 0.423. The number of ether oxygens (including phenoxy) is 3. The molecule has 4 rings (SSSR count). The number of aliphatic hydroxyl groups is 1. The third kappa shape index (κ3) is 7.97. The van der Waals surface area contributed by atoms with Gasteiger partial charge in [0.15, 0.2) is 0 Å². The highest BCUT2D eigenvalue weighted by Gasteiger charge is 2.37. The van der Waals surface area contributed by atoms with Gasteiger partial charge in [-0.25, -0.2) is 14.1 Å². The van der Waals surface area contributed by atoms with E-state index >= 15 is 0 Å². The highest BCUT2D eigenvalue weighted by Crippen LogP contribution is 2.22. The van der Waals surface area contributed by atoms with Crippen molar-refractivity contribution < 1.29 is 28.5 Å². The van der Waals surface area contributed by atoms with E-state index in [-0.39, 0.29) is 32.2 Å². The SMILES string of the molecule is COCC(=O)N1CCN(Cc2cccc(OCCn3cncn3)c2)C[C@](O)(COc2cccc(F)c2)C1. The molecule has 0 aliphatic carbocycles. The molecule has 1 fully saturated rings. The Hall–Kier alpha value is -3.54. The van der Waals surface area contributed by atoms with Crippen LogP contribution in [0.1, 0.15) is 5.56 Å². The van der Waals surface area contributed by atoms with Crippen molar-refractivity contribution in [2.75, 3.05) is 53.1 Å². The molecule has 0 spiro atoms. The number of carbonyl (C=O) groups excluding carboxylic acids is 1. The molecule has 2 aromatic carbocycles. The zero-order valence-electron chi connectivity index (χ0n) is 20.8. The maximum Gasteiger partial charge on any atom is 0.248 e. The first-order valence-corrected chi connectivity index (χ1v) is 12.1. The van der Waals surface area contributed by atoms with Crippen LogP contribution < -0.4 is 9.47 Å². The minimum Gasteiger partial charge on any atom is -0.492 e. The van der Waals surface area contributed by atoms with E-state index in [0.29, 0.717) is 38.5 Å². The Balaban J connectivity index is 1.42. The third-order valence-electron chi connectivity index (χ3n) is 5.97. The lowest BCUT2D eigenvalue weighted by Crippen LogP contribution is -2.52. The Morgan fingerprint density at radius 2 is 1.92 bits per heavy atom.